The molecule has 1 rings (SSSR count). The van der Waals surface area contributed by atoms with Crippen molar-refractivity contribution in [3.63, 3.8) is 0 Å². The van der Waals surface area contributed by atoms with Crippen LogP contribution in [0, 0.1) is 5.92 Å². The zero-order valence-electron chi connectivity index (χ0n) is 10.1. The monoisotopic (exact) mass is 259 g/mol. The molecule has 2 nitrogen and oxygen atoms in total. The Morgan fingerprint density at radius 1 is 1.50 bits per heavy atom. The highest BCUT2D eigenvalue weighted by molar-refractivity contribution is 7.81. The van der Waals surface area contributed by atoms with E-state index < -0.39 is 0 Å². The normalized spacial score (nSPS) is 11.9. The Kier molecular flexibility index (Phi) is 4.51. The van der Waals surface area contributed by atoms with Crippen LogP contribution in [-0.2, 0) is 4.75 Å². The summed E-state index contributed by atoms with van der Waals surface area (Å²) in [6, 6.07) is 1.86. The van der Waals surface area contributed by atoms with E-state index in [1.165, 1.54) is 0 Å². The molecular weight excluding hydrogens is 242 g/mol. The first-order chi connectivity index (χ1) is 7.30. The lowest BCUT2D eigenvalue weighted by molar-refractivity contribution is 0.261. The fourth-order valence-corrected chi connectivity index (χ4v) is 1.45. The molecular formula is C12H18ClNOS. The van der Waals surface area contributed by atoms with Gasteiger partial charge in [-0.1, -0.05) is 25.4 Å². The second-order valence-corrected chi connectivity index (χ2v) is 6.30. The van der Waals surface area contributed by atoms with Gasteiger partial charge in [0.25, 0.3) is 0 Å². The van der Waals surface area contributed by atoms with E-state index in [4.69, 9.17) is 16.3 Å². The first-order valence-corrected chi connectivity index (χ1v) is 6.14. The molecule has 0 atom stereocenters. The molecule has 0 N–H and O–H groups in total. The quantitative estimate of drug-likeness (QED) is 0.828. The third-order valence-electron chi connectivity index (χ3n) is 2.07. The summed E-state index contributed by atoms with van der Waals surface area (Å²) in [7, 11) is 0. The number of rotatable bonds is 4. The van der Waals surface area contributed by atoms with Crippen LogP contribution in [0.1, 0.15) is 33.3 Å². The molecule has 0 aromatic carbocycles. The van der Waals surface area contributed by atoms with Crippen molar-refractivity contribution in [3.8, 4) is 5.88 Å². The zero-order chi connectivity index (χ0) is 12.3. The van der Waals surface area contributed by atoms with E-state index in [0.29, 0.717) is 23.4 Å². The molecule has 0 saturated carbocycles. The molecule has 90 valence electrons. The minimum atomic E-state index is -0.243. The van der Waals surface area contributed by atoms with E-state index in [0.717, 1.165) is 5.56 Å². The van der Waals surface area contributed by atoms with Gasteiger partial charge in [0, 0.05) is 10.9 Å². The van der Waals surface area contributed by atoms with E-state index in [2.05, 4.69) is 31.5 Å². The van der Waals surface area contributed by atoms with Crippen LogP contribution in [0.25, 0.3) is 0 Å². The van der Waals surface area contributed by atoms with Gasteiger partial charge in [-0.3, -0.25) is 0 Å². The zero-order valence-corrected chi connectivity index (χ0v) is 11.8. The second kappa shape index (κ2) is 5.28. The van der Waals surface area contributed by atoms with Gasteiger partial charge in [0.1, 0.15) is 5.02 Å². The summed E-state index contributed by atoms with van der Waals surface area (Å²) in [5, 5.41) is 0.542. The maximum absolute atomic E-state index is 6.10. The minimum Gasteiger partial charge on any atom is -0.476 e. The number of ether oxygens (including phenoxy) is 1. The topological polar surface area (TPSA) is 22.1 Å². The summed E-state index contributed by atoms with van der Waals surface area (Å²) >= 11 is 10.6. The highest BCUT2D eigenvalue weighted by Gasteiger charge is 2.17. The number of thiol groups is 1. The molecule has 0 aliphatic heterocycles. The summed E-state index contributed by atoms with van der Waals surface area (Å²) in [6.45, 7) is 8.78. The highest BCUT2D eigenvalue weighted by atomic mass is 35.5. The first-order valence-electron chi connectivity index (χ1n) is 5.32. The van der Waals surface area contributed by atoms with Crippen molar-refractivity contribution in [1.29, 1.82) is 0 Å². The molecule has 4 heteroatoms. The van der Waals surface area contributed by atoms with Crippen LogP contribution in [0.5, 0.6) is 5.88 Å². The smallest absolute Gasteiger partial charge is 0.232 e. The Morgan fingerprint density at radius 3 is 2.56 bits per heavy atom. The minimum absolute atomic E-state index is 0.243. The van der Waals surface area contributed by atoms with Gasteiger partial charge in [0.05, 0.1) is 6.61 Å². The summed E-state index contributed by atoms with van der Waals surface area (Å²) in [6.07, 6.45) is 1.76. The van der Waals surface area contributed by atoms with Gasteiger partial charge in [0.15, 0.2) is 0 Å². The molecule has 0 aliphatic rings. The number of hydrogen-bond donors (Lipinski definition) is 1. The van der Waals surface area contributed by atoms with Gasteiger partial charge >= 0.3 is 0 Å². The van der Waals surface area contributed by atoms with Crippen LogP contribution >= 0.6 is 24.2 Å². The molecule has 0 amide bonds. The largest absolute Gasteiger partial charge is 0.476 e. The van der Waals surface area contributed by atoms with Crippen molar-refractivity contribution in [1.82, 2.24) is 4.98 Å². The summed E-state index contributed by atoms with van der Waals surface area (Å²) in [5.41, 5.74) is 0.984. The van der Waals surface area contributed by atoms with E-state index in [1.807, 2.05) is 19.9 Å². The molecule has 0 saturated heterocycles. The molecule has 0 fully saturated rings. The molecule has 0 aliphatic carbocycles. The predicted octanol–water partition coefficient (Wildman–Crippen LogP) is 3.93. The lowest BCUT2D eigenvalue weighted by Gasteiger charge is -2.18. The molecule has 0 unspecified atom stereocenters. The Balaban J connectivity index is 2.84. The van der Waals surface area contributed by atoms with Crippen molar-refractivity contribution in [2.24, 2.45) is 5.92 Å². The van der Waals surface area contributed by atoms with Gasteiger partial charge in [-0.25, -0.2) is 4.98 Å². The standard InChI is InChI=1S/C12H18ClNOS/c1-8(2)7-15-11-10(13)5-9(6-14-11)12(3,4)16/h5-6,8,16H,7H2,1-4H3. The number of halogens is 1. The van der Waals surface area contributed by atoms with E-state index in [-0.39, 0.29) is 4.75 Å². The molecule has 0 bridgehead atoms. The van der Waals surface area contributed by atoms with Crippen molar-refractivity contribution >= 4 is 24.2 Å². The Labute approximate surface area is 108 Å². The SMILES string of the molecule is CC(C)COc1ncc(C(C)(C)S)cc1Cl. The van der Waals surface area contributed by atoms with Crippen molar-refractivity contribution in [2.75, 3.05) is 6.61 Å². The van der Waals surface area contributed by atoms with Crippen LogP contribution in [-0.4, -0.2) is 11.6 Å². The molecule has 0 radical (unpaired) electrons. The average molecular weight is 260 g/mol. The average Bonchev–Trinajstić information content (AvgIpc) is 2.14. The lowest BCUT2D eigenvalue weighted by Crippen LogP contribution is -2.10. The van der Waals surface area contributed by atoms with Crippen molar-refractivity contribution in [3.05, 3.63) is 22.8 Å². The van der Waals surface area contributed by atoms with Crippen LogP contribution in [0.3, 0.4) is 0 Å². The molecule has 1 heterocycles. The van der Waals surface area contributed by atoms with Crippen molar-refractivity contribution < 1.29 is 4.74 Å². The van der Waals surface area contributed by atoms with Crippen LogP contribution in [0.15, 0.2) is 12.3 Å². The first kappa shape index (κ1) is 13.7. The van der Waals surface area contributed by atoms with Gasteiger partial charge in [-0.05, 0) is 31.4 Å². The summed E-state index contributed by atoms with van der Waals surface area (Å²) in [4.78, 5) is 4.21. The third-order valence-corrected chi connectivity index (χ3v) is 2.60. The predicted molar refractivity (Wildman–Crippen MR) is 71.6 cm³/mol. The number of aromatic nitrogens is 1. The highest BCUT2D eigenvalue weighted by Crippen LogP contribution is 2.31. The maximum atomic E-state index is 6.10. The Bertz CT molecular complexity index is 361. The van der Waals surface area contributed by atoms with Crippen LogP contribution < -0.4 is 4.74 Å². The van der Waals surface area contributed by atoms with Gasteiger partial charge in [-0.2, -0.15) is 12.6 Å². The Hall–Kier alpha value is -0.410. The van der Waals surface area contributed by atoms with Crippen molar-refractivity contribution in [2.45, 2.75) is 32.4 Å². The maximum Gasteiger partial charge on any atom is 0.232 e. The molecule has 1 aromatic rings. The summed E-state index contributed by atoms with van der Waals surface area (Å²) in [5.74, 6) is 0.954. The lowest BCUT2D eigenvalue weighted by atomic mass is 10.1. The van der Waals surface area contributed by atoms with E-state index in [9.17, 15) is 0 Å². The molecule has 0 spiro atoms. The summed E-state index contributed by atoms with van der Waals surface area (Å²) < 4.78 is 5.26. The number of hydrogen-bond acceptors (Lipinski definition) is 3. The second-order valence-electron chi connectivity index (χ2n) is 4.77. The fourth-order valence-electron chi connectivity index (χ4n) is 1.11. The van der Waals surface area contributed by atoms with Crippen LogP contribution in [0.4, 0.5) is 0 Å². The van der Waals surface area contributed by atoms with Gasteiger partial charge in [0.2, 0.25) is 5.88 Å². The fraction of sp³-hybridized carbons (Fsp3) is 0.583. The number of nitrogens with zero attached hydrogens (tertiary/aromatic N) is 1. The number of pyridine rings is 1. The van der Waals surface area contributed by atoms with Crippen LogP contribution in [0.2, 0.25) is 5.02 Å². The van der Waals surface area contributed by atoms with Gasteiger partial charge < -0.3 is 4.74 Å². The van der Waals surface area contributed by atoms with E-state index >= 15 is 0 Å². The van der Waals surface area contributed by atoms with Gasteiger partial charge in [-0.15, -0.1) is 0 Å². The third kappa shape index (κ3) is 3.87. The molecule has 1 aromatic heterocycles. The molecule has 16 heavy (non-hydrogen) atoms. The Morgan fingerprint density at radius 2 is 2.12 bits per heavy atom. The van der Waals surface area contributed by atoms with E-state index in [1.54, 1.807) is 6.20 Å².